The lowest BCUT2D eigenvalue weighted by Crippen LogP contribution is -2.57. The Kier molecular flexibility index (Phi) is 10.4. The third-order valence-electron chi connectivity index (χ3n) is 8.28. The summed E-state index contributed by atoms with van der Waals surface area (Å²) in [6, 6.07) is 15.1. The van der Waals surface area contributed by atoms with Crippen molar-refractivity contribution < 1.29 is 18.8 Å². The number of para-hydroxylation sites is 1. The first kappa shape index (κ1) is 31.9. The Labute approximate surface area is 254 Å². The van der Waals surface area contributed by atoms with Crippen molar-refractivity contribution in [2.75, 3.05) is 19.6 Å². The molecule has 9 heteroatoms. The summed E-state index contributed by atoms with van der Waals surface area (Å²) < 4.78 is 15.3. The van der Waals surface area contributed by atoms with E-state index >= 15 is 0 Å². The predicted molar refractivity (Wildman–Crippen MR) is 165 cm³/mol. The SMILES string of the molecule is CC[C@@H](C)C(=O)N[C@H](C(=O)N1CCC[C@H]1CN(CCc1ccc(F)cc1)C(=O)c1cn(-c2ccccc2)cn1)C(C)(C)C. The van der Waals surface area contributed by atoms with Crippen LogP contribution in [0.4, 0.5) is 4.39 Å². The molecule has 230 valence electrons. The molecule has 3 aromatic rings. The van der Waals surface area contributed by atoms with Crippen LogP contribution in [0.5, 0.6) is 0 Å². The molecule has 1 N–H and O–H groups in total. The van der Waals surface area contributed by atoms with Gasteiger partial charge in [0.15, 0.2) is 0 Å². The van der Waals surface area contributed by atoms with Gasteiger partial charge in [-0.1, -0.05) is 65.0 Å². The molecular weight excluding hydrogens is 545 g/mol. The minimum absolute atomic E-state index is 0.119. The van der Waals surface area contributed by atoms with E-state index in [1.165, 1.54) is 12.1 Å². The Morgan fingerprint density at radius 1 is 1.09 bits per heavy atom. The lowest BCUT2D eigenvalue weighted by molar-refractivity contribution is -0.141. The number of hydrogen-bond donors (Lipinski definition) is 1. The van der Waals surface area contributed by atoms with Crippen molar-refractivity contribution in [1.82, 2.24) is 24.7 Å². The van der Waals surface area contributed by atoms with E-state index in [4.69, 9.17) is 0 Å². The molecule has 43 heavy (non-hydrogen) atoms. The van der Waals surface area contributed by atoms with Gasteiger partial charge in [-0.3, -0.25) is 14.4 Å². The fourth-order valence-corrected chi connectivity index (χ4v) is 5.38. The largest absolute Gasteiger partial charge is 0.344 e. The van der Waals surface area contributed by atoms with E-state index in [-0.39, 0.29) is 35.5 Å². The van der Waals surface area contributed by atoms with Crippen LogP contribution in [0, 0.1) is 17.2 Å². The van der Waals surface area contributed by atoms with Gasteiger partial charge in [-0.15, -0.1) is 0 Å². The third kappa shape index (κ3) is 8.09. The first-order chi connectivity index (χ1) is 20.5. The van der Waals surface area contributed by atoms with Crippen molar-refractivity contribution in [1.29, 1.82) is 0 Å². The van der Waals surface area contributed by atoms with Crippen LogP contribution in [0.15, 0.2) is 67.1 Å². The molecule has 2 heterocycles. The molecule has 1 saturated heterocycles. The quantitative estimate of drug-likeness (QED) is 0.330. The monoisotopic (exact) mass is 589 g/mol. The molecule has 1 aromatic heterocycles. The van der Waals surface area contributed by atoms with Crippen LogP contribution in [0.2, 0.25) is 0 Å². The molecule has 3 atom stereocenters. The maximum Gasteiger partial charge on any atom is 0.274 e. The molecule has 1 aliphatic rings. The van der Waals surface area contributed by atoms with Crippen LogP contribution in [0.25, 0.3) is 5.69 Å². The first-order valence-corrected chi connectivity index (χ1v) is 15.2. The number of amides is 3. The van der Waals surface area contributed by atoms with Gasteiger partial charge in [-0.25, -0.2) is 9.37 Å². The Morgan fingerprint density at radius 3 is 2.44 bits per heavy atom. The van der Waals surface area contributed by atoms with Gasteiger partial charge in [-0.05, 0) is 60.9 Å². The molecule has 0 radical (unpaired) electrons. The summed E-state index contributed by atoms with van der Waals surface area (Å²) in [4.78, 5) is 48.8. The number of rotatable bonds is 11. The second-order valence-electron chi connectivity index (χ2n) is 12.6. The van der Waals surface area contributed by atoms with Crippen LogP contribution < -0.4 is 5.32 Å². The minimum Gasteiger partial charge on any atom is -0.344 e. The summed E-state index contributed by atoms with van der Waals surface area (Å²) in [6.07, 6.45) is 6.13. The zero-order valence-electron chi connectivity index (χ0n) is 25.9. The van der Waals surface area contributed by atoms with Crippen molar-refractivity contribution in [3.05, 3.63) is 84.2 Å². The van der Waals surface area contributed by atoms with E-state index in [0.717, 1.165) is 24.1 Å². The first-order valence-electron chi connectivity index (χ1n) is 15.2. The molecule has 1 aliphatic heterocycles. The lowest BCUT2D eigenvalue weighted by atomic mass is 9.85. The maximum atomic E-state index is 14.0. The number of halogens is 1. The zero-order valence-corrected chi connectivity index (χ0v) is 25.9. The number of aromatic nitrogens is 2. The van der Waals surface area contributed by atoms with Gasteiger partial charge >= 0.3 is 0 Å². The molecule has 0 aliphatic carbocycles. The van der Waals surface area contributed by atoms with Gasteiger partial charge in [0.05, 0.1) is 0 Å². The number of nitrogens with zero attached hydrogens (tertiary/aromatic N) is 4. The summed E-state index contributed by atoms with van der Waals surface area (Å²) in [5.41, 5.74) is 1.63. The van der Waals surface area contributed by atoms with Crippen LogP contribution in [0.3, 0.4) is 0 Å². The Bertz CT molecular complexity index is 1380. The average Bonchev–Trinajstić information content (AvgIpc) is 3.68. The molecule has 0 spiro atoms. The summed E-state index contributed by atoms with van der Waals surface area (Å²) in [7, 11) is 0. The molecule has 3 amide bonds. The van der Waals surface area contributed by atoms with Crippen LogP contribution in [0.1, 0.15) is 69.9 Å². The fraction of sp³-hybridized carbons (Fsp3) is 0.471. The van der Waals surface area contributed by atoms with Crippen molar-refractivity contribution >= 4 is 17.7 Å². The highest BCUT2D eigenvalue weighted by Gasteiger charge is 2.40. The van der Waals surface area contributed by atoms with E-state index in [0.29, 0.717) is 38.2 Å². The van der Waals surface area contributed by atoms with Gasteiger partial charge < -0.3 is 19.7 Å². The standard InChI is InChI=1S/C34H44FN5O3/c1-6-24(2)31(41)37-30(34(3,4)5)33(43)40-19-10-13-28(40)21-38(20-18-25-14-16-26(35)17-15-25)32(42)29-22-39(23-36-29)27-11-8-7-9-12-27/h7-9,11-12,14-17,22-24,28,30H,6,10,13,18-21H2,1-5H3,(H,37,41)/t24-,28+,30-/m1/s1. The average molecular weight is 590 g/mol. The van der Waals surface area contributed by atoms with Crippen molar-refractivity contribution in [2.45, 2.75) is 72.4 Å². The number of carbonyl (C=O) groups is 3. The molecule has 0 bridgehead atoms. The van der Waals surface area contributed by atoms with Crippen LogP contribution in [-0.2, 0) is 16.0 Å². The number of hydrogen-bond acceptors (Lipinski definition) is 4. The smallest absolute Gasteiger partial charge is 0.274 e. The van der Waals surface area contributed by atoms with E-state index in [2.05, 4.69) is 10.3 Å². The molecule has 8 nitrogen and oxygen atoms in total. The molecule has 1 fully saturated rings. The fourth-order valence-electron chi connectivity index (χ4n) is 5.38. The van der Waals surface area contributed by atoms with Crippen molar-refractivity contribution in [3.63, 3.8) is 0 Å². The molecule has 2 aromatic carbocycles. The van der Waals surface area contributed by atoms with Gasteiger partial charge in [-0.2, -0.15) is 0 Å². The van der Waals surface area contributed by atoms with Gasteiger partial charge in [0.1, 0.15) is 23.9 Å². The highest BCUT2D eigenvalue weighted by Crippen LogP contribution is 2.27. The van der Waals surface area contributed by atoms with Gasteiger partial charge in [0.25, 0.3) is 5.91 Å². The molecule has 0 unspecified atom stereocenters. The second-order valence-corrected chi connectivity index (χ2v) is 12.6. The molecule has 0 saturated carbocycles. The Balaban J connectivity index is 1.56. The molecular formula is C34H44FN5O3. The van der Waals surface area contributed by atoms with Gasteiger partial charge in [0.2, 0.25) is 11.8 Å². The van der Waals surface area contributed by atoms with E-state index in [9.17, 15) is 18.8 Å². The topological polar surface area (TPSA) is 87.5 Å². The summed E-state index contributed by atoms with van der Waals surface area (Å²) in [6.45, 7) is 11.0. The van der Waals surface area contributed by atoms with Crippen LogP contribution in [-0.4, -0.2) is 68.8 Å². The number of carbonyl (C=O) groups excluding carboxylic acids is 3. The maximum absolute atomic E-state index is 14.0. The Morgan fingerprint density at radius 2 is 1.79 bits per heavy atom. The Hall–Kier alpha value is -4.01. The summed E-state index contributed by atoms with van der Waals surface area (Å²) >= 11 is 0. The predicted octanol–water partition coefficient (Wildman–Crippen LogP) is 5.26. The van der Waals surface area contributed by atoms with E-state index in [1.807, 2.05) is 74.4 Å². The van der Waals surface area contributed by atoms with Crippen molar-refractivity contribution in [2.24, 2.45) is 11.3 Å². The summed E-state index contributed by atoms with van der Waals surface area (Å²) in [5, 5.41) is 3.02. The highest BCUT2D eigenvalue weighted by molar-refractivity contribution is 5.92. The minimum atomic E-state index is -0.681. The number of likely N-dealkylation sites (tertiary alicyclic amines) is 1. The number of nitrogens with one attached hydrogen (secondary N) is 1. The normalized spacial score (nSPS) is 16.5. The third-order valence-corrected chi connectivity index (χ3v) is 8.28. The summed E-state index contributed by atoms with van der Waals surface area (Å²) in [5.74, 6) is -0.976. The van der Waals surface area contributed by atoms with E-state index in [1.54, 1.807) is 29.6 Å². The number of benzene rings is 2. The zero-order chi connectivity index (χ0) is 31.1. The lowest BCUT2D eigenvalue weighted by Gasteiger charge is -2.37. The number of imidazole rings is 1. The molecule has 4 rings (SSSR count). The second kappa shape index (κ2) is 14.0. The van der Waals surface area contributed by atoms with Crippen molar-refractivity contribution in [3.8, 4) is 5.69 Å². The van der Waals surface area contributed by atoms with E-state index < -0.39 is 11.5 Å². The van der Waals surface area contributed by atoms with Crippen LogP contribution >= 0.6 is 0 Å². The van der Waals surface area contributed by atoms with Gasteiger partial charge in [0, 0.05) is 43.5 Å². The highest BCUT2D eigenvalue weighted by atomic mass is 19.1.